The minimum Gasteiger partial charge on any atom is -0.447 e. The number of aromatic amines is 1. The van der Waals surface area contributed by atoms with Crippen LogP contribution in [0.3, 0.4) is 0 Å². The molecule has 1 saturated carbocycles. The molecule has 0 radical (unpaired) electrons. The predicted molar refractivity (Wildman–Crippen MR) is 116 cm³/mol. The number of nitrogens with zero attached hydrogens (tertiary/aromatic N) is 4. The maximum Gasteiger partial charge on any atom is 0.407 e. The molecule has 3 N–H and O–H groups in total. The van der Waals surface area contributed by atoms with Crippen molar-refractivity contribution in [3.8, 4) is 0 Å². The van der Waals surface area contributed by atoms with Crippen molar-refractivity contribution in [1.29, 1.82) is 0 Å². The Hall–Kier alpha value is -2.95. The first-order chi connectivity index (χ1) is 14.9. The molecule has 4 rings (SSSR count). The Morgan fingerprint density at radius 1 is 1.42 bits per heavy atom. The first-order valence-electron chi connectivity index (χ1n) is 10.5. The third-order valence-corrected chi connectivity index (χ3v) is 6.32. The molecule has 0 saturated heterocycles. The normalized spacial score (nSPS) is 19.5. The lowest BCUT2D eigenvalue weighted by molar-refractivity contribution is -0.115. The van der Waals surface area contributed by atoms with E-state index in [0.717, 1.165) is 41.3 Å². The zero-order valence-electron chi connectivity index (χ0n) is 17.8. The van der Waals surface area contributed by atoms with Gasteiger partial charge in [0.05, 0.1) is 18.3 Å². The lowest BCUT2D eigenvalue weighted by Gasteiger charge is -2.16. The van der Waals surface area contributed by atoms with Crippen LogP contribution in [0.15, 0.2) is 12.3 Å². The molecule has 166 valence electrons. The van der Waals surface area contributed by atoms with Crippen molar-refractivity contribution < 1.29 is 14.3 Å². The first kappa shape index (κ1) is 21.3. The summed E-state index contributed by atoms with van der Waals surface area (Å²) in [6.07, 6.45) is 4.89. The van der Waals surface area contributed by atoms with Gasteiger partial charge in [-0.05, 0) is 39.5 Å². The van der Waals surface area contributed by atoms with Crippen LogP contribution in [0.5, 0.6) is 0 Å². The number of carbonyl (C=O) groups excluding carboxylic acids is 2. The molecule has 10 nitrogen and oxygen atoms in total. The highest BCUT2D eigenvalue weighted by Gasteiger charge is 2.29. The number of hydrogen-bond acceptors (Lipinski definition) is 7. The number of anilines is 1. The molecule has 3 unspecified atom stereocenters. The zero-order chi connectivity index (χ0) is 22.0. The number of nitrogens with one attached hydrogen (secondary N) is 3. The second kappa shape index (κ2) is 9.04. The van der Waals surface area contributed by atoms with Gasteiger partial charge >= 0.3 is 6.09 Å². The lowest BCUT2D eigenvalue weighted by atomic mass is 10.0. The largest absolute Gasteiger partial charge is 0.447 e. The number of aryl methyl sites for hydroxylation is 1. The van der Waals surface area contributed by atoms with Crippen molar-refractivity contribution in [2.24, 2.45) is 0 Å². The molecular formula is C20H27N7O3S. The van der Waals surface area contributed by atoms with Gasteiger partial charge < -0.3 is 15.4 Å². The van der Waals surface area contributed by atoms with Gasteiger partial charge in [-0.1, -0.05) is 18.3 Å². The van der Waals surface area contributed by atoms with E-state index < -0.39 is 0 Å². The van der Waals surface area contributed by atoms with E-state index >= 15 is 0 Å². The van der Waals surface area contributed by atoms with E-state index in [1.54, 1.807) is 10.7 Å². The number of H-pyrrole nitrogens is 1. The van der Waals surface area contributed by atoms with E-state index in [9.17, 15) is 9.59 Å². The Morgan fingerprint density at radius 3 is 3.03 bits per heavy atom. The first-order valence-corrected chi connectivity index (χ1v) is 11.3. The second-order valence-corrected chi connectivity index (χ2v) is 9.15. The molecule has 0 bridgehead atoms. The highest BCUT2D eigenvalue weighted by atomic mass is 32.1. The summed E-state index contributed by atoms with van der Waals surface area (Å²) in [4.78, 5) is 29.5. The van der Waals surface area contributed by atoms with E-state index in [1.807, 2.05) is 26.8 Å². The lowest BCUT2D eigenvalue weighted by Crippen LogP contribution is -2.35. The van der Waals surface area contributed by atoms with E-state index in [0.29, 0.717) is 11.5 Å². The molecule has 3 aromatic heterocycles. The summed E-state index contributed by atoms with van der Waals surface area (Å²) in [5.74, 6) is 0.558. The molecule has 0 spiro atoms. The topological polar surface area (TPSA) is 126 Å². The summed E-state index contributed by atoms with van der Waals surface area (Å²) < 4.78 is 6.98. The van der Waals surface area contributed by atoms with E-state index in [-0.39, 0.29) is 36.5 Å². The Kier molecular flexibility index (Phi) is 6.21. The van der Waals surface area contributed by atoms with E-state index in [2.05, 4.69) is 30.9 Å². The third kappa shape index (κ3) is 5.22. The molecule has 3 aromatic rings. The number of carbonyl (C=O) groups is 2. The Labute approximate surface area is 183 Å². The highest BCUT2D eigenvalue weighted by molar-refractivity contribution is 7.16. The van der Waals surface area contributed by atoms with Crippen LogP contribution in [0.2, 0.25) is 0 Å². The van der Waals surface area contributed by atoms with Crippen molar-refractivity contribution >= 4 is 34.1 Å². The third-order valence-electron chi connectivity index (χ3n) is 5.48. The van der Waals surface area contributed by atoms with Crippen LogP contribution in [-0.2, 0) is 16.0 Å². The van der Waals surface area contributed by atoms with Crippen molar-refractivity contribution in [2.75, 3.05) is 5.32 Å². The van der Waals surface area contributed by atoms with Gasteiger partial charge in [0.15, 0.2) is 5.82 Å². The van der Waals surface area contributed by atoms with Gasteiger partial charge in [0, 0.05) is 23.7 Å². The van der Waals surface area contributed by atoms with Crippen molar-refractivity contribution in [1.82, 2.24) is 30.1 Å². The van der Waals surface area contributed by atoms with Gasteiger partial charge in [-0.15, -0.1) is 0 Å². The molecule has 3 atom stereocenters. The fourth-order valence-corrected chi connectivity index (χ4v) is 4.50. The number of imidazole rings is 1. The fourth-order valence-electron chi connectivity index (χ4n) is 3.75. The van der Waals surface area contributed by atoms with E-state index in [1.165, 1.54) is 11.3 Å². The Morgan fingerprint density at radius 2 is 2.26 bits per heavy atom. The number of amides is 2. The number of aromatic nitrogens is 5. The maximum atomic E-state index is 12.4. The standard InChI is InChI=1S/C20H27N7O3S/c1-4-11(2)30-20(29)22-14-6-5-13(7-14)16-9-17(25-24-16)23-18(28)8-15-10-27-19(21-15)31-12(3)26-27/h9-11,13-14H,4-8H2,1-3H3,(H,22,29)(H2,23,24,25,28). The van der Waals surface area contributed by atoms with Gasteiger partial charge in [0.1, 0.15) is 11.1 Å². The second-order valence-electron chi connectivity index (χ2n) is 7.99. The Balaban J connectivity index is 1.27. The molecule has 1 aliphatic rings. The van der Waals surface area contributed by atoms with Crippen LogP contribution < -0.4 is 10.6 Å². The molecule has 31 heavy (non-hydrogen) atoms. The van der Waals surface area contributed by atoms with Crippen LogP contribution >= 0.6 is 11.3 Å². The average Bonchev–Trinajstić information content (AvgIpc) is 3.46. The van der Waals surface area contributed by atoms with Gasteiger partial charge in [-0.3, -0.25) is 9.89 Å². The Bertz CT molecular complexity index is 1040. The van der Waals surface area contributed by atoms with Gasteiger partial charge in [0.2, 0.25) is 10.9 Å². The van der Waals surface area contributed by atoms with Gasteiger partial charge in [-0.2, -0.15) is 10.2 Å². The molecular weight excluding hydrogens is 418 g/mol. The minimum atomic E-state index is -0.359. The average molecular weight is 446 g/mol. The molecule has 3 heterocycles. The predicted octanol–water partition coefficient (Wildman–Crippen LogP) is 3.16. The minimum absolute atomic E-state index is 0.0786. The highest BCUT2D eigenvalue weighted by Crippen LogP contribution is 2.34. The van der Waals surface area contributed by atoms with Crippen LogP contribution in [0.1, 0.15) is 61.8 Å². The summed E-state index contributed by atoms with van der Waals surface area (Å²) in [6.45, 7) is 5.78. The summed E-state index contributed by atoms with van der Waals surface area (Å²) in [7, 11) is 0. The van der Waals surface area contributed by atoms with Gasteiger partial charge in [0.25, 0.3) is 0 Å². The molecule has 2 amide bonds. The zero-order valence-corrected chi connectivity index (χ0v) is 18.7. The molecule has 1 aliphatic carbocycles. The smallest absolute Gasteiger partial charge is 0.407 e. The van der Waals surface area contributed by atoms with E-state index in [4.69, 9.17) is 4.74 Å². The van der Waals surface area contributed by atoms with Crippen molar-refractivity contribution in [3.05, 3.63) is 28.7 Å². The van der Waals surface area contributed by atoms with Crippen molar-refractivity contribution in [2.45, 2.75) is 70.9 Å². The molecule has 1 fully saturated rings. The molecule has 0 aromatic carbocycles. The summed E-state index contributed by atoms with van der Waals surface area (Å²) >= 11 is 1.49. The monoisotopic (exact) mass is 445 g/mol. The maximum absolute atomic E-state index is 12.4. The molecule has 11 heteroatoms. The number of rotatable bonds is 7. The van der Waals surface area contributed by atoms with Crippen LogP contribution in [0.25, 0.3) is 4.96 Å². The SMILES string of the molecule is CCC(C)OC(=O)NC1CCC(c2cc(NC(=O)Cc3cn4nc(C)sc4n3)n[nH]2)C1. The summed E-state index contributed by atoms with van der Waals surface area (Å²) in [5.41, 5.74) is 1.62. The fraction of sp³-hybridized carbons (Fsp3) is 0.550. The number of ether oxygens (including phenoxy) is 1. The number of alkyl carbamates (subject to hydrolysis) is 1. The quantitative estimate of drug-likeness (QED) is 0.513. The summed E-state index contributed by atoms with van der Waals surface area (Å²) in [6, 6.07) is 1.94. The van der Waals surface area contributed by atoms with Crippen LogP contribution in [0, 0.1) is 6.92 Å². The number of fused-ring (bicyclic) bond motifs is 1. The summed E-state index contributed by atoms with van der Waals surface area (Å²) in [5, 5.41) is 18.2. The van der Waals surface area contributed by atoms with Gasteiger partial charge in [-0.25, -0.2) is 14.3 Å². The van der Waals surface area contributed by atoms with Crippen LogP contribution in [-0.4, -0.2) is 48.9 Å². The molecule has 0 aliphatic heterocycles. The van der Waals surface area contributed by atoms with Crippen molar-refractivity contribution in [3.63, 3.8) is 0 Å². The van der Waals surface area contributed by atoms with Crippen LogP contribution in [0.4, 0.5) is 10.6 Å². The number of hydrogen-bond donors (Lipinski definition) is 3.